The molecule has 1 rings (SSSR count). The van der Waals surface area contributed by atoms with Gasteiger partial charge < -0.3 is 15.8 Å². The molecule has 0 fully saturated rings. The summed E-state index contributed by atoms with van der Waals surface area (Å²) in [7, 11) is 0. The molecule has 6 heteroatoms. The Kier molecular flexibility index (Phi) is 5.32. The first-order chi connectivity index (χ1) is 6.54. The minimum atomic E-state index is -0.307. The minimum absolute atomic E-state index is 0. The van der Waals surface area contributed by atoms with Gasteiger partial charge in [0.2, 0.25) is 5.88 Å². The van der Waals surface area contributed by atoms with Gasteiger partial charge in [-0.05, 0) is 19.8 Å². The number of aromatic nitrogens is 2. The lowest BCUT2D eigenvalue weighted by Crippen LogP contribution is -2.26. The highest BCUT2D eigenvalue weighted by Gasteiger charge is 2.12. The van der Waals surface area contributed by atoms with Gasteiger partial charge in [0.05, 0.1) is 5.56 Å². The molecule has 0 amide bonds. The maximum Gasteiger partial charge on any atom is 0.257 e. The van der Waals surface area contributed by atoms with E-state index in [-0.39, 0.29) is 35.5 Å². The average molecular weight is 234 g/mol. The number of aromatic hydroxyl groups is 1. The molecule has 15 heavy (non-hydrogen) atoms. The quantitative estimate of drug-likeness (QED) is 0.708. The largest absolute Gasteiger partial charge is 0.493 e. The second kappa shape index (κ2) is 5.72. The molecule has 0 bridgehead atoms. The number of hydrogen-bond acceptors (Lipinski definition) is 4. The van der Waals surface area contributed by atoms with Crippen LogP contribution in [0.4, 0.5) is 0 Å². The fourth-order valence-corrected chi connectivity index (χ4v) is 1.19. The van der Waals surface area contributed by atoms with Gasteiger partial charge in [0.1, 0.15) is 5.82 Å². The summed E-state index contributed by atoms with van der Waals surface area (Å²) in [6.07, 6.45) is 1.11. The van der Waals surface area contributed by atoms with Crippen molar-refractivity contribution in [3.05, 3.63) is 21.7 Å². The van der Waals surface area contributed by atoms with E-state index in [1.54, 1.807) is 6.92 Å². The first-order valence-corrected chi connectivity index (χ1v) is 4.59. The number of nitrogens with two attached hydrogens (primary N) is 1. The van der Waals surface area contributed by atoms with Gasteiger partial charge in [0.25, 0.3) is 5.56 Å². The zero-order valence-electron chi connectivity index (χ0n) is 8.78. The summed E-state index contributed by atoms with van der Waals surface area (Å²) in [4.78, 5) is 17.7. The molecule has 5 nitrogen and oxygen atoms in total. The van der Waals surface area contributed by atoms with Crippen molar-refractivity contribution >= 4 is 12.4 Å². The van der Waals surface area contributed by atoms with Crippen LogP contribution in [0.1, 0.15) is 24.7 Å². The van der Waals surface area contributed by atoms with E-state index in [4.69, 9.17) is 5.73 Å². The molecule has 0 saturated carbocycles. The lowest BCUT2D eigenvalue weighted by Gasteiger charge is -2.08. The van der Waals surface area contributed by atoms with Crippen molar-refractivity contribution < 1.29 is 5.11 Å². The topological polar surface area (TPSA) is 92.0 Å². The van der Waals surface area contributed by atoms with Crippen LogP contribution < -0.4 is 11.3 Å². The molecular formula is C9H16ClN3O2. The third-order valence-corrected chi connectivity index (χ3v) is 2.10. The maximum absolute atomic E-state index is 11.4. The Bertz CT molecular complexity index is 378. The first kappa shape index (κ1) is 13.9. The van der Waals surface area contributed by atoms with E-state index in [1.165, 1.54) is 0 Å². The fraction of sp³-hybridized carbons (Fsp3) is 0.556. The molecule has 4 N–H and O–H groups in total. The molecule has 0 aliphatic rings. The van der Waals surface area contributed by atoms with Gasteiger partial charge >= 0.3 is 0 Å². The third-order valence-electron chi connectivity index (χ3n) is 2.10. The number of aryl methyl sites for hydroxylation is 1. The smallest absolute Gasteiger partial charge is 0.257 e. The summed E-state index contributed by atoms with van der Waals surface area (Å²) in [5, 5.41) is 9.43. The second-order valence-electron chi connectivity index (χ2n) is 3.33. The van der Waals surface area contributed by atoms with Gasteiger partial charge in [-0.25, -0.2) is 4.98 Å². The van der Waals surface area contributed by atoms with Gasteiger partial charge in [-0.1, -0.05) is 6.92 Å². The van der Waals surface area contributed by atoms with Crippen molar-refractivity contribution in [3.8, 4) is 5.88 Å². The van der Waals surface area contributed by atoms with Crippen LogP contribution in [0.5, 0.6) is 5.88 Å². The number of nitrogens with zero attached hydrogens (tertiary/aromatic N) is 1. The summed E-state index contributed by atoms with van der Waals surface area (Å²) < 4.78 is 0. The lowest BCUT2D eigenvalue weighted by atomic mass is 10.1. The van der Waals surface area contributed by atoms with E-state index in [0.29, 0.717) is 12.2 Å². The number of hydrogen-bond donors (Lipinski definition) is 3. The molecule has 0 saturated heterocycles. The van der Waals surface area contributed by atoms with Crippen molar-refractivity contribution in [2.75, 3.05) is 0 Å². The molecule has 0 radical (unpaired) electrons. The standard InChI is InChI=1S/C9H15N3O2.ClH/c1-3-6(10)4-7-8(13)11-5(2)12-9(7)14;/h6H,3-4,10H2,1-2H3,(H2,11,12,13,14);1H. The van der Waals surface area contributed by atoms with E-state index >= 15 is 0 Å². The van der Waals surface area contributed by atoms with Gasteiger partial charge in [-0.3, -0.25) is 4.79 Å². The molecule has 0 spiro atoms. The highest BCUT2D eigenvalue weighted by atomic mass is 35.5. The predicted molar refractivity (Wildman–Crippen MR) is 60.5 cm³/mol. The number of nitrogens with one attached hydrogen (secondary N) is 1. The summed E-state index contributed by atoms with van der Waals surface area (Å²) in [5.41, 5.74) is 5.65. The molecule has 1 aromatic heterocycles. The van der Waals surface area contributed by atoms with Crippen LogP contribution in [0.3, 0.4) is 0 Å². The van der Waals surface area contributed by atoms with Crippen LogP contribution >= 0.6 is 12.4 Å². The number of rotatable bonds is 3. The van der Waals surface area contributed by atoms with Crippen LogP contribution in [-0.2, 0) is 6.42 Å². The molecule has 1 unspecified atom stereocenters. The molecule has 0 aliphatic heterocycles. The van der Waals surface area contributed by atoms with Crippen molar-refractivity contribution in [3.63, 3.8) is 0 Å². The molecule has 0 aliphatic carbocycles. The number of H-pyrrole nitrogens is 1. The second-order valence-corrected chi connectivity index (χ2v) is 3.33. The Labute approximate surface area is 94.1 Å². The Hall–Kier alpha value is -1.07. The zero-order valence-corrected chi connectivity index (χ0v) is 9.60. The van der Waals surface area contributed by atoms with Crippen molar-refractivity contribution in [2.45, 2.75) is 32.7 Å². The maximum atomic E-state index is 11.4. The van der Waals surface area contributed by atoms with E-state index in [9.17, 15) is 9.90 Å². The van der Waals surface area contributed by atoms with Crippen LogP contribution in [-0.4, -0.2) is 21.1 Å². The molecule has 0 aromatic carbocycles. The molecule has 1 aromatic rings. The highest BCUT2D eigenvalue weighted by molar-refractivity contribution is 5.85. The number of aromatic amines is 1. The summed E-state index contributed by atoms with van der Waals surface area (Å²) >= 11 is 0. The highest BCUT2D eigenvalue weighted by Crippen LogP contribution is 2.10. The van der Waals surface area contributed by atoms with Crippen LogP contribution in [0, 0.1) is 6.92 Å². The summed E-state index contributed by atoms with van der Waals surface area (Å²) in [5.74, 6) is 0.191. The van der Waals surface area contributed by atoms with Gasteiger partial charge in [-0.2, -0.15) is 0 Å². The Balaban J connectivity index is 0.00000196. The third kappa shape index (κ3) is 3.53. The summed E-state index contributed by atoms with van der Waals surface area (Å²) in [6, 6.07) is -0.119. The van der Waals surface area contributed by atoms with Crippen LogP contribution in [0.25, 0.3) is 0 Å². The monoisotopic (exact) mass is 233 g/mol. The Morgan fingerprint density at radius 1 is 1.60 bits per heavy atom. The Morgan fingerprint density at radius 2 is 2.20 bits per heavy atom. The molecule has 86 valence electrons. The first-order valence-electron chi connectivity index (χ1n) is 4.59. The molecular weight excluding hydrogens is 218 g/mol. The molecule has 1 atom stereocenters. The van der Waals surface area contributed by atoms with E-state index in [0.717, 1.165) is 6.42 Å². The normalized spacial score (nSPS) is 11.9. The van der Waals surface area contributed by atoms with Crippen LogP contribution in [0.15, 0.2) is 4.79 Å². The molecule has 1 heterocycles. The van der Waals surface area contributed by atoms with E-state index in [1.807, 2.05) is 6.92 Å². The fourth-order valence-electron chi connectivity index (χ4n) is 1.19. The average Bonchev–Trinajstić information content (AvgIpc) is 2.10. The number of halogens is 1. The van der Waals surface area contributed by atoms with Crippen molar-refractivity contribution in [2.24, 2.45) is 5.73 Å². The van der Waals surface area contributed by atoms with Crippen molar-refractivity contribution in [1.82, 2.24) is 9.97 Å². The zero-order chi connectivity index (χ0) is 10.7. The van der Waals surface area contributed by atoms with Gasteiger partial charge in [0.15, 0.2) is 0 Å². The van der Waals surface area contributed by atoms with Crippen LogP contribution in [0.2, 0.25) is 0 Å². The Morgan fingerprint density at radius 3 is 2.67 bits per heavy atom. The van der Waals surface area contributed by atoms with Crippen molar-refractivity contribution in [1.29, 1.82) is 0 Å². The van der Waals surface area contributed by atoms with Gasteiger partial charge in [-0.15, -0.1) is 12.4 Å². The van der Waals surface area contributed by atoms with Gasteiger partial charge in [0, 0.05) is 6.04 Å². The SMILES string of the molecule is CCC(N)Cc1c(O)nc(C)[nH]c1=O.Cl. The van der Waals surface area contributed by atoms with E-state index < -0.39 is 0 Å². The minimum Gasteiger partial charge on any atom is -0.493 e. The van der Waals surface area contributed by atoms with E-state index in [2.05, 4.69) is 9.97 Å². The predicted octanol–water partition coefficient (Wildman–Crippen LogP) is 0.486. The lowest BCUT2D eigenvalue weighted by molar-refractivity contribution is 0.436. The summed E-state index contributed by atoms with van der Waals surface area (Å²) in [6.45, 7) is 3.54.